The zero-order valence-electron chi connectivity index (χ0n) is 9.70. The fourth-order valence-corrected chi connectivity index (χ4v) is 2.14. The Kier molecular flexibility index (Phi) is 4.48. The summed E-state index contributed by atoms with van der Waals surface area (Å²) in [5.74, 6) is 1.61. The molecule has 0 aliphatic heterocycles. The first-order chi connectivity index (χ1) is 7.11. The molecular formula is C12H18O2S. The molecule has 1 aromatic rings. The molecule has 0 spiro atoms. The third-order valence-electron chi connectivity index (χ3n) is 2.68. The summed E-state index contributed by atoms with van der Waals surface area (Å²) in [5.41, 5.74) is 3.23. The number of hydrogen-bond acceptors (Lipinski definition) is 3. The summed E-state index contributed by atoms with van der Waals surface area (Å²) < 4.78 is 5.23. The zero-order chi connectivity index (χ0) is 11.4. The SMILES string of the molecule is COc1ccc(C(O)CSC)c(C)c1C. The molecular weight excluding hydrogens is 208 g/mol. The van der Waals surface area contributed by atoms with Crippen molar-refractivity contribution in [3.63, 3.8) is 0 Å². The van der Waals surface area contributed by atoms with Gasteiger partial charge in [0.25, 0.3) is 0 Å². The van der Waals surface area contributed by atoms with E-state index in [1.807, 2.05) is 32.2 Å². The van der Waals surface area contributed by atoms with E-state index in [1.165, 1.54) is 0 Å². The molecule has 0 aliphatic rings. The summed E-state index contributed by atoms with van der Waals surface area (Å²) in [6, 6.07) is 3.86. The molecule has 1 N–H and O–H groups in total. The molecule has 0 heterocycles. The molecule has 0 fully saturated rings. The Balaban J connectivity index is 3.06. The Morgan fingerprint density at radius 3 is 2.53 bits per heavy atom. The van der Waals surface area contributed by atoms with Crippen molar-refractivity contribution in [2.75, 3.05) is 19.1 Å². The standard InChI is InChI=1S/C12H18O2S/c1-8-9(2)12(14-3)6-5-10(8)11(13)7-15-4/h5-6,11,13H,7H2,1-4H3. The van der Waals surface area contributed by atoms with E-state index < -0.39 is 0 Å². The molecule has 84 valence electrons. The van der Waals surface area contributed by atoms with E-state index in [2.05, 4.69) is 0 Å². The van der Waals surface area contributed by atoms with E-state index in [9.17, 15) is 5.11 Å². The maximum Gasteiger partial charge on any atom is 0.122 e. The maximum absolute atomic E-state index is 9.93. The lowest BCUT2D eigenvalue weighted by Gasteiger charge is -2.16. The molecule has 0 saturated carbocycles. The lowest BCUT2D eigenvalue weighted by molar-refractivity contribution is 0.203. The Morgan fingerprint density at radius 2 is 2.00 bits per heavy atom. The van der Waals surface area contributed by atoms with Crippen molar-refractivity contribution < 1.29 is 9.84 Å². The third kappa shape index (κ3) is 2.67. The molecule has 0 saturated heterocycles. The fraction of sp³-hybridized carbons (Fsp3) is 0.500. The van der Waals surface area contributed by atoms with Crippen LogP contribution in [0.15, 0.2) is 12.1 Å². The molecule has 0 aliphatic carbocycles. The number of aliphatic hydroxyl groups excluding tert-OH is 1. The van der Waals surface area contributed by atoms with Gasteiger partial charge in [0, 0.05) is 5.75 Å². The van der Waals surface area contributed by atoms with Gasteiger partial charge in [0.05, 0.1) is 13.2 Å². The molecule has 1 rings (SSSR count). The van der Waals surface area contributed by atoms with Gasteiger partial charge in [0.1, 0.15) is 5.75 Å². The highest BCUT2D eigenvalue weighted by molar-refractivity contribution is 7.98. The topological polar surface area (TPSA) is 29.5 Å². The molecule has 1 aromatic carbocycles. The van der Waals surface area contributed by atoms with Crippen molar-refractivity contribution in [1.29, 1.82) is 0 Å². The van der Waals surface area contributed by atoms with Crippen molar-refractivity contribution in [2.24, 2.45) is 0 Å². The van der Waals surface area contributed by atoms with Gasteiger partial charge in [-0.25, -0.2) is 0 Å². The van der Waals surface area contributed by atoms with Crippen LogP contribution >= 0.6 is 11.8 Å². The van der Waals surface area contributed by atoms with Gasteiger partial charge in [-0.05, 0) is 42.9 Å². The highest BCUT2D eigenvalue weighted by Crippen LogP contribution is 2.28. The molecule has 0 radical (unpaired) electrons. The smallest absolute Gasteiger partial charge is 0.122 e. The molecule has 1 atom stereocenters. The van der Waals surface area contributed by atoms with E-state index in [0.717, 1.165) is 28.2 Å². The summed E-state index contributed by atoms with van der Waals surface area (Å²) in [6.45, 7) is 4.04. The van der Waals surface area contributed by atoms with Crippen LogP contribution in [0.4, 0.5) is 0 Å². The van der Waals surface area contributed by atoms with E-state index in [1.54, 1.807) is 18.9 Å². The number of rotatable bonds is 4. The number of thioether (sulfide) groups is 1. The summed E-state index contributed by atoms with van der Waals surface area (Å²) in [7, 11) is 1.67. The first-order valence-corrected chi connectivity index (χ1v) is 6.32. The van der Waals surface area contributed by atoms with Gasteiger partial charge < -0.3 is 9.84 Å². The highest BCUT2D eigenvalue weighted by Gasteiger charge is 2.13. The van der Waals surface area contributed by atoms with Crippen LogP contribution in [0.25, 0.3) is 0 Å². The normalized spacial score (nSPS) is 12.6. The quantitative estimate of drug-likeness (QED) is 0.856. The minimum atomic E-state index is -0.385. The van der Waals surface area contributed by atoms with Gasteiger partial charge in [0.15, 0.2) is 0 Å². The average molecular weight is 226 g/mol. The van der Waals surface area contributed by atoms with Gasteiger partial charge in [-0.15, -0.1) is 0 Å². The number of hydrogen-bond donors (Lipinski definition) is 1. The third-order valence-corrected chi connectivity index (χ3v) is 3.33. The molecule has 2 nitrogen and oxygen atoms in total. The van der Waals surface area contributed by atoms with Crippen molar-refractivity contribution in [3.8, 4) is 5.75 Å². The Labute approximate surface area is 95.7 Å². The van der Waals surface area contributed by atoms with Crippen molar-refractivity contribution in [1.82, 2.24) is 0 Å². The van der Waals surface area contributed by atoms with Gasteiger partial charge in [-0.2, -0.15) is 11.8 Å². The molecule has 0 aromatic heterocycles. The number of aliphatic hydroxyl groups is 1. The minimum Gasteiger partial charge on any atom is -0.496 e. The van der Waals surface area contributed by atoms with Crippen molar-refractivity contribution in [2.45, 2.75) is 20.0 Å². The number of ether oxygens (including phenoxy) is 1. The number of methoxy groups -OCH3 is 1. The number of benzene rings is 1. The van der Waals surface area contributed by atoms with E-state index in [4.69, 9.17) is 4.74 Å². The average Bonchev–Trinajstić information content (AvgIpc) is 2.22. The van der Waals surface area contributed by atoms with E-state index in [0.29, 0.717) is 0 Å². The van der Waals surface area contributed by atoms with Crippen LogP contribution in [-0.4, -0.2) is 24.2 Å². The molecule has 3 heteroatoms. The van der Waals surface area contributed by atoms with Crippen LogP contribution in [0.3, 0.4) is 0 Å². The predicted octanol–water partition coefficient (Wildman–Crippen LogP) is 2.71. The van der Waals surface area contributed by atoms with Gasteiger partial charge in [-0.3, -0.25) is 0 Å². The van der Waals surface area contributed by atoms with Crippen molar-refractivity contribution in [3.05, 3.63) is 28.8 Å². The fourth-order valence-electron chi connectivity index (χ4n) is 1.65. The Bertz CT molecular complexity index is 337. The summed E-state index contributed by atoms with van der Waals surface area (Å²) >= 11 is 1.65. The lowest BCUT2D eigenvalue weighted by atomic mass is 9.99. The summed E-state index contributed by atoms with van der Waals surface area (Å²) in [6.07, 6.45) is 1.61. The van der Waals surface area contributed by atoms with Crippen molar-refractivity contribution >= 4 is 11.8 Å². The van der Waals surface area contributed by atoms with E-state index in [-0.39, 0.29) is 6.10 Å². The maximum atomic E-state index is 9.93. The Hall–Kier alpha value is -0.670. The van der Waals surface area contributed by atoms with Gasteiger partial charge in [0.2, 0.25) is 0 Å². The van der Waals surface area contributed by atoms with E-state index >= 15 is 0 Å². The minimum absolute atomic E-state index is 0.385. The first-order valence-electron chi connectivity index (χ1n) is 4.93. The van der Waals surface area contributed by atoms with Crippen LogP contribution in [0.5, 0.6) is 5.75 Å². The van der Waals surface area contributed by atoms with Crippen LogP contribution in [0.1, 0.15) is 22.8 Å². The highest BCUT2D eigenvalue weighted by atomic mass is 32.2. The van der Waals surface area contributed by atoms with Crippen LogP contribution in [-0.2, 0) is 0 Å². The van der Waals surface area contributed by atoms with Crippen LogP contribution in [0.2, 0.25) is 0 Å². The van der Waals surface area contributed by atoms with Gasteiger partial charge >= 0.3 is 0 Å². The molecule has 15 heavy (non-hydrogen) atoms. The first kappa shape index (κ1) is 12.4. The lowest BCUT2D eigenvalue weighted by Crippen LogP contribution is -2.04. The summed E-state index contributed by atoms with van der Waals surface area (Å²) in [4.78, 5) is 0. The van der Waals surface area contributed by atoms with Gasteiger partial charge in [-0.1, -0.05) is 6.07 Å². The molecule has 1 unspecified atom stereocenters. The zero-order valence-corrected chi connectivity index (χ0v) is 10.5. The molecule has 0 amide bonds. The van der Waals surface area contributed by atoms with Crippen LogP contribution in [0, 0.1) is 13.8 Å². The summed E-state index contributed by atoms with van der Waals surface area (Å²) in [5, 5.41) is 9.93. The Morgan fingerprint density at radius 1 is 1.33 bits per heavy atom. The molecule has 0 bridgehead atoms. The monoisotopic (exact) mass is 226 g/mol. The largest absolute Gasteiger partial charge is 0.496 e. The second-order valence-corrected chi connectivity index (χ2v) is 4.49. The van der Waals surface area contributed by atoms with Crippen LogP contribution < -0.4 is 4.74 Å². The second-order valence-electron chi connectivity index (χ2n) is 3.58. The predicted molar refractivity (Wildman–Crippen MR) is 65.8 cm³/mol. The second kappa shape index (κ2) is 5.42.